The molecular formula is C9H10Cl2O3S. The molecule has 1 aromatic rings. The average molecular weight is 269 g/mol. The van der Waals surface area contributed by atoms with Crippen LogP contribution in [0.5, 0.6) is 0 Å². The Morgan fingerprint density at radius 1 is 1.60 bits per heavy atom. The van der Waals surface area contributed by atoms with Gasteiger partial charge in [0.15, 0.2) is 0 Å². The molecule has 0 saturated heterocycles. The molecule has 2 unspecified atom stereocenters. The number of hydrogen-bond acceptors (Lipinski definition) is 3. The summed E-state index contributed by atoms with van der Waals surface area (Å²) >= 11 is 12.9. The first-order valence-electron chi connectivity index (χ1n) is 4.26. The molecule has 0 amide bonds. The van der Waals surface area contributed by atoms with Gasteiger partial charge in [0, 0.05) is 10.9 Å². The van der Waals surface area contributed by atoms with Gasteiger partial charge < -0.3 is 10.2 Å². The number of thiophene rings is 1. The number of carbonyl (C=O) groups is 1. The van der Waals surface area contributed by atoms with Crippen LogP contribution >= 0.6 is 34.5 Å². The van der Waals surface area contributed by atoms with Crippen molar-refractivity contribution in [2.24, 2.45) is 5.92 Å². The molecule has 3 nitrogen and oxygen atoms in total. The molecular weight excluding hydrogens is 259 g/mol. The van der Waals surface area contributed by atoms with Crippen LogP contribution < -0.4 is 0 Å². The molecule has 6 heteroatoms. The van der Waals surface area contributed by atoms with Crippen LogP contribution in [0.2, 0.25) is 9.36 Å². The van der Waals surface area contributed by atoms with Gasteiger partial charge in [-0.3, -0.25) is 4.79 Å². The van der Waals surface area contributed by atoms with Gasteiger partial charge in [0.1, 0.15) is 4.34 Å². The minimum Gasteiger partial charge on any atom is -0.481 e. The maximum absolute atomic E-state index is 10.6. The fraction of sp³-hybridized carbons (Fsp3) is 0.444. The van der Waals surface area contributed by atoms with E-state index in [-0.39, 0.29) is 6.42 Å². The number of aliphatic carboxylic acids is 1. The lowest BCUT2D eigenvalue weighted by atomic mass is 10.0. The molecule has 2 atom stereocenters. The number of halogens is 2. The minimum absolute atomic E-state index is 0.103. The molecule has 1 rings (SSSR count). The number of aliphatic hydroxyl groups is 1. The molecule has 0 radical (unpaired) electrons. The average Bonchev–Trinajstić information content (AvgIpc) is 2.45. The molecule has 2 N–H and O–H groups in total. The van der Waals surface area contributed by atoms with Crippen molar-refractivity contribution in [3.05, 3.63) is 20.3 Å². The summed E-state index contributed by atoms with van der Waals surface area (Å²) in [6, 6.07) is 0. The Morgan fingerprint density at radius 2 is 2.20 bits per heavy atom. The molecule has 0 aliphatic rings. The third-order valence-electron chi connectivity index (χ3n) is 2.07. The Hall–Kier alpha value is -0.290. The van der Waals surface area contributed by atoms with Gasteiger partial charge in [-0.15, -0.1) is 11.3 Å². The van der Waals surface area contributed by atoms with E-state index in [9.17, 15) is 9.90 Å². The summed E-state index contributed by atoms with van der Waals surface area (Å²) in [7, 11) is 0. The van der Waals surface area contributed by atoms with E-state index in [1.54, 1.807) is 5.38 Å². The summed E-state index contributed by atoms with van der Waals surface area (Å²) in [5, 5.41) is 20.5. The van der Waals surface area contributed by atoms with Gasteiger partial charge in [-0.25, -0.2) is 0 Å². The molecule has 0 aliphatic heterocycles. The van der Waals surface area contributed by atoms with Crippen LogP contribution in [-0.2, 0) is 4.79 Å². The first-order chi connectivity index (χ1) is 6.93. The Morgan fingerprint density at radius 3 is 2.60 bits per heavy atom. The Balaban J connectivity index is 2.77. The summed E-state index contributed by atoms with van der Waals surface area (Å²) in [5.41, 5.74) is 0.427. The molecule has 84 valence electrons. The SMILES string of the molecule is CC(CC(O)c1c(Cl)csc1Cl)C(=O)O. The van der Waals surface area contributed by atoms with Crippen molar-refractivity contribution in [3.63, 3.8) is 0 Å². The predicted molar refractivity (Wildman–Crippen MR) is 60.7 cm³/mol. The largest absolute Gasteiger partial charge is 0.481 e. The van der Waals surface area contributed by atoms with Crippen LogP contribution in [0.4, 0.5) is 0 Å². The maximum Gasteiger partial charge on any atom is 0.306 e. The Bertz CT molecular complexity index is 345. The normalized spacial score (nSPS) is 14.9. The summed E-state index contributed by atoms with van der Waals surface area (Å²) in [6.07, 6.45) is -0.826. The quantitative estimate of drug-likeness (QED) is 0.882. The van der Waals surface area contributed by atoms with Crippen molar-refractivity contribution >= 4 is 40.5 Å². The van der Waals surface area contributed by atoms with E-state index in [2.05, 4.69) is 0 Å². The topological polar surface area (TPSA) is 57.5 Å². The van der Waals surface area contributed by atoms with Gasteiger partial charge in [-0.05, 0) is 6.42 Å². The van der Waals surface area contributed by atoms with Crippen molar-refractivity contribution in [3.8, 4) is 0 Å². The molecule has 1 heterocycles. The summed E-state index contributed by atoms with van der Waals surface area (Å²) in [4.78, 5) is 10.6. The second-order valence-electron chi connectivity index (χ2n) is 3.26. The second kappa shape index (κ2) is 5.16. The maximum atomic E-state index is 10.6. The van der Waals surface area contributed by atoms with Crippen LogP contribution in [0.25, 0.3) is 0 Å². The highest BCUT2D eigenvalue weighted by Gasteiger charge is 2.22. The Labute approximate surface area is 101 Å². The van der Waals surface area contributed by atoms with E-state index < -0.39 is 18.0 Å². The number of hydrogen-bond donors (Lipinski definition) is 2. The van der Waals surface area contributed by atoms with Crippen molar-refractivity contribution in [2.45, 2.75) is 19.4 Å². The molecule has 15 heavy (non-hydrogen) atoms. The van der Waals surface area contributed by atoms with E-state index in [4.69, 9.17) is 28.3 Å². The van der Waals surface area contributed by atoms with E-state index in [0.29, 0.717) is 14.9 Å². The number of carboxylic acid groups (broad SMARTS) is 1. The Kier molecular flexibility index (Phi) is 4.40. The standard InChI is InChI=1S/C9H10Cl2O3S/c1-4(9(13)14)2-6(12)7-5(10)3-15-8(7)11/h3-4,6,12H,2H2,1H3,(H,13,14). The number of rotatable bonds is 4. The van der Waals surface area contributed by atoms with E-state index in [0.717, 1.165) is 0 Å². The minimum atomic E-state index is -0.948. The molecule has 0 fully saturated rings. The third kappa shape index (κ3) is 3.08. The van der Waals surface area contributed by atoms with Crippen LogP contribution in [-0.4, -0.2) is 16.2 Å². The van der Waals surface area contributed by atoms with Crippen LogP contribution in [0, 0.1) is 5.92 Å². The molecule has 0 saturated carbocycles. The first kappa shape index (κ1) is 12.8. The van der Waals surface area contributed by atoms with E-state index in [1.165, 1.54) is 18.3 Å². The fourth-order valence-electron chi connectivity index (χ4n) is 1.17. The van der Waals surface area contributed by atoms with Crippen LogP contribution in [0.3, 0.4) is 0 Å². The summed E-state index contributed by atoms with van der Waals surface area (Å²) in [6.45, 7) is 1.53. The van der Waals surface area contributed by atoms with Gasteiger partial charge in [-0.2, -0.15) is 0 Å². The number of carboxylic acids is 1. The summed E-state index contributed by atoms with van der Waals surface area (Å²) < 4.78 is 0.407. The lowest BCUT2D eigenvalue weighted by Gasteiger charge is -2.13. The molecule has 0 bridgehead atoms. The third-order valence-corrected chi connectivity index (χ3v) is 3.76. The van der Waals surface area contributed by atoms with Crippen LogP contribution in [0.1, 0.15) is 25.0 Å². The zero-order valence-electron chi connectivity index (χ0n) is 7.91. The van der Waals surface area contributed by atoms with Crippen molar-refractivity contribution in [1.82, 2.24) is 0 Å². The van der Waals surface area contributed by atoms with E-state index >= 15 is 0 Å². The van der Waals surface area contributed by atoms with Crippen LogP contribution in [0.15, 0.2) is 5.38 Å². The van der Waals surface area contributed by atoms with Crippen molar-refractivity contribution in [1.29, 1.82) is 0 Å². The molecule has 0 spiro atoms. The van der Waals surface area contributed by atoms with E-state index in [1.807, 2.05) is 0 Å². The van der Waals surface area contributed by atoms with Gasteiger partial charge in [0.05, 0.1) is 17.0 Å². The molecule has 1 aromatic heterocycles. The highest BCUT2D eigenvalue weighted by atomic mass is 35.5. The zero-order chi connectivity index (χ0) is 11.6. The highest BCUT2D eigenvalue weighted by Crippen LogP contribution is 2.38. The first-order valence-corrected chi connectivity index (χ1v) is 5.90. The second-order valence-corrected chi connectivity index (χ2v) is 5.15. The lowest BCUT2D eigenvalue weighted by molar-refractivity contribution is -0.142. The highest BCUT2D eigenvalue weighted by molar-refractivity contribution is 7.15. The molecule has 0 aromatic carbocycles. The fourth-order valence-corrected chi connectivity index (χ4v) is 2.69. The van der Waals surface area contributed by atoms with Gasteiger partial charge in [0.2, 0.25) is 0 Å². The lowest BCUT2D eigenvalue weighted by Crippen LogP contribution is -2.13. The predicted octanol–water partition coefficient (Wildman–Crippen LogP) is 3.20. The van der Waals surface area contributed by atoms with Gasteiger partial charge >= 0.3 is 5.97 Å². The smallest absolute Gasteiger partial charge is 0.306 e. The summed E-state index contributed by atoms with van der Waals surface area (Å²) in [5.74, 6) is -1.58. The number of aliphatic hydroxyl groups excluding tert-OH is 1. The zero-order valence-corrected chi connectivity index (χ0v) is 10.2. The molecule has 0 aliphatic carbocycles. The van der Waals surface area contributed by atoms with Crippen molar-refractivity contribution < 1.29 is 15.0 Å². The van der Waals surface area contributed by atoms with Gasteiger partial charge in [0.25, 0.3) is 0 Å². The monoisotopic (exact) mass is 268 g/mol. The van der Waals surface area contributed by atoms with Gasteiger partial charge in [-0.1, -0.05) is 30.1 Å². The van der Waals surface area contributed by atoms with Crippen molar-refractivity contribution in [2.75, 3.05) is 0 Å².